The Morgan fingerprint density at radius 1 is 1.30 bits per heavy atom. The number of ether oxygens (including phenoxy) is 2. The van der Waals surface area contributed by atoms with Crippen LogP contribution in [-0.4, -0.2) is 31.0 Å². The molecular weight excluding hydrogens is 320 g/mol. The van der Waals surface area contributed by atoms with Crippen molar-refractivity contribution >= 4 is 29.4 Å². The van der Waals surface area contributed by atoms with Crippen LogP contribution in [0.4, 0.5) is 5.69 Å². The summed E-state index contributed by atoms with van der Waals surface area (Å²) in [6, 6.07) is 11.8. The van der Waals surface area contributed by atoms with Crippen LogP contribution in [0.3, 0.4) is 0 Å². The largest absolute Gasteiger partial charge is 0.495 e. The van der Waals surface area contributed by atoms with Crippen molar-refractivity contribution in [3.05, 3.63) is 53.1 Å². The molecule has 0 saturated heterocycles. The van der Waals surface area contributed by atoms with E-state index >= 15 is 0 Å². The molecule has 6 nitrogen and oxygen atoms in total. The molecule has 2 aromatic carbocycles. The van der Waals surface area contributed by atoms with E-state index in [4.69, 9.17) is 26.3 Å². The molecule has 0 spiro atoms. The lowest BCUT2D eigenvalue weighted by Gasteiger charge is -2.11. The van der Waals surface area contributed by atoms with Crippen LogP contribution >= 0.6 is 11.6 Å². The molecule has 23 heavy (non-hydrogen) atoms. The van der Waals surface area contributed by atoms with E-state index in [1.165, 1.54) is 13.3 Å². The molecule has 2 aromatic rings. The van der Waals surface area contributed by atoms with Gasteiger partial charge in [-0.15, -0.1) is 0 Å². The van der Waals surface area contributed by atoms with Gasteiger partial charge in [0.15, 0.2) is 6.61 Å². The van der Waals surface area contributed by atoms with Crippen LogP contribution in [0.25, 0.3) is 0 Å². The number of carbonyl (C=O) groups excluding carboxylic acids is 1. The Kier molecular flexibility index (Phi) is 5.82. The fourth-order valence-electron chi connectivity index (χ4n) is 1.89. The monoisotopic (exact) mass is 334 g/mol. The Hall–Kier alpha value is -2.73. The van der Waals surface area contributed by atoms with Gasteiger partial charge in [-0.05, 0) is 30.3 Å². The second-order valence-corrected chi connectivity index (χ2v) is 4.90. The normalized spacial score (nSPS) is 10.5. The SMILES string of the molecule is COc1ccccc1NC(=O)COc1ccc(Cl)cc1C=NO. The Morgan fingerprint density at radius 2 is 2.09 bits per heavy atom. The number of amides is 1. The molecule has 0 heterocycles. The third kappa shape index (κ3) is 4.62. The molecule has 7 heteroatoms. The number of rotatable bonds is 6. The lowest BCUT2D eigenvalue weighted by molar-refractivity contribution is -0.118. The number of para-hydroxylation sites is 2. The number of oxime groups is 1. The standard InChI is InChI=1S/C16H15ClN2O4/c1-22-15-5-3-2-4-13(15)19-16(20)10-23-14-7-6-12(17)8-11(14)9-18-21/h2-9,21H,10H2,1H3,(H,19,20). The second kappa shape index (κ2) is 8.05. The molecular formula is C16H15ClN2O4. The smallest absolute Gasteiger partial charge is 0.262 e. The highest BCUT2D eigenvalue weighted by Crippen LogP contribution is 2.24. The molecule has 0 aliphatic carbocycles. The first-order valence-corrected chi connectivity index (χ1v) is 7.04. The number of hydrogen-bond acceptors (Lipinski definition) is 5. The minimum Gasteiger partial charge on any atom is -0.495 e. The maximum atomic E-state index is 12.0. The van der Waals surface area contributed by atoms with Crippen LogP contribution in [0.15, 0.2) is 47.6 Å². The Bertz CT molecular complexity index is 719. The second-order valence-electron chi connectivity index (χ2n) is 4.46. The van der Waals surface area contributed by atoms with Crippen LogP contribution in [0.1, 0.15) is 5.56 Å². The van der Waals surface area contributed by atoms with E-state index < -0.39 is 0 Å². The zero-order valence-corrected chi connectivity index (χ0v) is 13.1. The van der Waals surface area contributed by atoms with E-state index in [1.807, 2.05) is 0 Å². The van der Waals surface area contributed by atoms with E-state index in [2.05, 4.69) is 10.5 Å². The molecule has 0 radical (unpaired) electrons. The molecule has 0 fully saturated rings. The minimum atomic E-state index is -0.351. The van der Waals surface area contributed by atoms with E-state index in [9.17, 15) is 4.79 Å². The molecule has 0 unspecified atom stereocenters. The summed E-state index contributed by atoms with van der Waals surface area (Å²) in [7, 11) is 1.52. The highest BCUT2D eigenvalue weighted by Gasteiger charge is 2.09. The number of halogens is 1. The Labute approximate surface area is 138 Å². The minimum absolute atomic E-state index is 0.216. The third-order valence-electron chi connectivity index (χ3n) is 2.91. The van der Waals surface area contributed by atoms with Gasteiger partial charge < -0.3 is 20.0 Å². The van der Waals surface area contributed by atoms with Gasteiger partial charge in [0, 0.05) is 10.6 Å². The summed E-state index contributed by atoms with van der Waals surface area (Å²) in [6.07, 6.45) is 1.18. The van der Waals surface area contributed by atoms with Crippen molar-refractivity contribution in [2.24, 2.45) is 5.16 Å². The van der Waals surface area contributed by atoms with Crippen molar-refractivity contribution in [2.45, 2.75) is 0 Å². The predicted octanol–water partition coefficient (Wildman–Crippen LogP) is 3.17. The van der Waals surface area contributed by atoms with E-state index in [0.29, 0.717) is 27.8 Å². The van der Waals surface area contributed by atoms with Crippen molar-refractivity contribution in [1.82, 2.24) is 0 Å². The molecule has 2 N–H and O–H groups in total. The van der Waals surface area contributed by atoms with Crippen molar-refractivity contribution in [3.8, 4) is 11.5 Å². The first-order chi connectivity index (χ1) is 11.1. The van der Waals surface area contributed by atoms with Crippen LogP contribution in [0.2, 0.25) is 5.02 Å². The molecule has 0 saturated carbocycles. The van der Waals surface area contributed by atoms with Crippen molar-refractivity contribution < 1.29 is 19.5 Å². The summed E-state index contributed by atoms with van der Waals surface area (Å²) in [5, 5.41) is 14.7. The van der Waals surface area contributed by atoms with E-state index in [0.717, 1.165) is 0 Å². The quantitative estimate of drug-likeness (QED) is 0.483. The van der Waals surface area contributed by atoms with Gasteiger partial charge in [-0.3, -0.25) is 4.79 Å². The van der Waals surface area contributed by atoms with Crippen molar-refractivity contribution in [2.75, 3.05) is 19.0 Å². The highest BCUT2D eigenvalue weighted by atomic mass is 35.5. The summed E-state index contributed by atoms with van der Waals surface area (Å²) in [5.41, 5.74) is 1.02. The lowest BCUT2D eigenvalue weighted by atomic mass is 10.2. The summed E-state index contributed by atoms with van der Waals surface area (Å²) in [5.74, 6) is 0.583. The van der Waals surface area contributed by atoms with Gasteiger partial charge in [0.05, 0.1) is 19.0 Å². The van der Waals surface area contributed by atoms with Gasteiger partial charge in [-0.25, -0.2) is 0 Å². The Balaban J connectivity index is 2.02. The maximum Gasteiger partial charge on any atom is 0.262 e. The number of nitrogens with one attached hydrogen (secondary N) is 1. The third-order valence-corrected chi connectivity index (χ3v) is 3.14. The van der Waals surface area contributed by atoms with Gasteiger partial charge in [0.1, 0.15) is 11.5 Å². The molecule has 0 aliphatic rings. The van der Waals surface area contributed by atoms with Gasteiger partial charge in [-0.2, -0.15) is 0 Å². The molecule has 0 atom stereocenters. The number of hydrogen-bond donors (Lipinski definition) is 2. The van der Waals surface area contributed by atoms with Gasteiger partial charge >= 0.3 is 0 Å². The van der Waals surface area contributed by atoms with Crippen molar-refractivity contribution in [3.63, 3.8) is 0 Å². The zero-order chi connectivity index (χ0) is 16.7. The number of methoxy groups -OCH3 is 1. The van der Waals surface area contributed by atoms with Crippen LogP contribution in [0, 0.1) is 0 Å². The van der Waals surface area contributed by atoms with Gasteiger partial charge in [0.2, 0.25) is 0 Å². The number of anilines is 1. The molecule has 0 bridgehead atoms. The number of nitrogens with zero attached hydrogens (tertiary/aromatic N) is 1. The molecule has 2 rings (SSSR count). The lowest BCUT2D eigenvalue weighted by Crippen LogP contribution is -2.20. The first kappa shape index (κ1) is 16.6. The summed E-state index contributed by atoms with van der Waals surface area (Å²) >= 11 is 5.86. The van der Waals surface area contributed by atoms with E-state index in [1.54, 1.807) is 42.5 Å². The first-order valence-electron chi connectivity index (χ1n) is 6.66. The number of benzene rings is 2. The molecule has 120 valence electrons. The van der Waals surface area contributed by atoms with Crippen molar-refractivity contribution in [1.29, 1.82) is 0 Å². The Morgan fingerprint density at radius 3 is 2.83 bits per heavy atom. The van der Waals surface area contributed by atoms with Crippen LogP contribution in [-0.2, 0) is 4.79 Å². The summed E-state index contributed by atoms with van der Waals surface area (Å²) < 4.78 is 10.6. The van der Waals surface area contributed by atoms with Crippen LogP contribution < -0.4 is 14.8 Å². The number of carbonyl (C=O) groups is 1. The topological polar surface area (TPSA) is 80.2 Å². The van der Waals surface area contributed by atoms with Gasteiger partial charge in [0.25, 0.3) is 5.91 Å². The summed E-state index contributed by atoms with van der Waals surface area (Å²) in [6.45, 7) is -0.216. The van der Waals surface area contributed by atoms with E-state index in [-0.39, 0.29) is 12.5 Å². The predicted molar refractivity (Wildman–Crippen MR) is 88.0 cm³/mol. The average molecular weight is 335 g/mol. The molecule has 0 aliphatic heterocycles. The summed E-state index contributed by atoms with van der Waals surface area (Å²) in [4.78, 5) is 12.0. The zero-order valence-electron chi connectivity index (χ0n) is 12.3. The molecule has 1 amide bonds. The fourth-order valence-corrected chi connectivity index (χ4v) is 2.07. The maximum absolute atomic E-state index is 12.0. The molecule has 0 aromatic heterocycles. The van der Waals surface area contributed by atoms with Crippen LogP contribution in [0.5, 0.6) is 11.5 Å². The highest BCUT2D eigenvalue weighted by molar-refractivity contribution is 6.30. The fraction of sp³-hybridized carbons (Fsp3) is 0.125. The van der Waals surface area contributed by atoms with Gasteiger partial charge in [-0.1, -0.05) is 28.9 Å². The average Bonchev–Trinajstić information content (AvgIpc) is 2.55.